The van der Waals surface area contributed by atoms with Crippen LogP contribution in [0.25, 0.3) is 10.9 Å². The lowest BCUT2D eigenvalue weighted by atomic mass is 10.1. The Balaban J connectivity index is 0.00000196. The first kappa shape index (κ1) is 18.5. The molecule has 1 amide bonds. The number of aromatic amines is 1. The van der Waals surface area contributed by atoms with Gasteiger partial charge in [-0.1, -0.05) is 13.8 Å². The van der Waals surface area contributed by atoms with Gasteiger partial charge in [0.2, 0.25) is 0 Å². The number of hydrogen-bond acceptors (Lipinski definition) is 3. The third-order valence-corrected chi connectivity index (χ3v) is 4.61. The van der Waals surface area contributed by atoms with Crippen molar-refractivity contribution in [1.29, 1.82) is 0 Å². The zero-order valence-corrected chi connectivity index (χ0v) is 15.8. The summed E-state index contributed by atoms with van der Waals surface area (Å²) in [4.78, 5) is 12.6. The average molecular weight is 374 g/mol. The first-order valence-corrected chi connectivity index (χ1v) is 8.79. The number of nitrogens with zero attached hydrogens (tertiary/aromatic N) is 2. The number of hydrogen-bond donors (Lipinski definition) is 3. The van der Waals surface area contributed by atoms with Crippen LogP contribution in [0.5, 0.6) is 0 Å². The molecule has 0 aliphatic carbocycles. The normalized spacial score (nSPS) is 13.5. The first-order chi connectivity index (χ1) is 12.1. The summed E-state index contributed by atoms with van der Waals surface area (Å²) in [5.41, 5.74) is 4.51. The standard InChI is InChI=1S/C19H23N5O.ClH/c1-12(2)11-24-8-6-13-9-14(3-4-17(13)24)21-19(25)18-15-10-20-7-5-16(15)22-23-18;/h3-4,6,8-9,12,20H,5,7,10-11H2,1-2H3,(H,21,25)(H,22,23);1H. The number of H-pyrrole nitrogens is 1. The molecular weight excluding hydrogens is 350 g/mol. The molecule has 0 atom stereocenters. The summed E-state index contributed by atoms with van der Waals surface area (Å²) >= 11 is 0. The van der Waals surface area contributed by atoms with Crippen LogP contribution in [0.4, 0.5) is 5.69 Å². The summed E-state index contributed by atoms with van der Waals surface area (Å²) < 4.78 is 2.25. The minimum Gasteiger partial charge on any atom is -0.347 e. The molecule has 2 aromatic heterocycles. The van der Waals surface area contributed by atoms with Crippen molar-refractivity contribution in [3.8, 4) is 0 Å². The van der Waals surface area contributed by atoms with E-state index in [9.17, 15) is 4.79 Å². The quantitative estimate of drug-likeness (QED) is 0.656. The molecule has 138 valence electrons. The Morgan fingerprint density at radius 2 is 2.19 bits per heavy atom. The zero-order chi connectivity index (χ0) is 17.4. The van der Waals surface area contributed by atoms with E-state index >= 15 is 0 Å². The summed E-state index contributed by atoms with van der Waals surface area (Å²) in [5, 5.41) is 14.6. The Kier molecular flexibility index (Phi) is 5.34. The number of amides is 1. The largest absolute Gasteiger partial charge is 0.347 e. The highest BCUT2D eigenvalue weighted by atomic mass is 35.5. The van der Waals surface area contributed by atoms with E-state index in [-0.39, 0.29) is 18.3 Å². The zero-order valence-electron chi connectivity index (χ0n) is 15.0. The minimum absolute atomic E-state index is 0. The van der Waals surface area contributed by atoms with Crippen LogP contribution in [0.3, 0.4) is 0 Å². The van der Waals surface area contributed by atoms with Crippen molar-refractivity contribution in [2.45, 2.75) is 33.4 Å². The second-order valence-corrected chi connectivity index (χ2v) is 7.05. The first-order valence-electron chi connectivity index (χ1n) is 8.79. The van der Waals surface area contributed by atoms with Crippen molar-refractivity contribution in [2.75, 3.05) is 11.9 Å². The van der Waals surface area contributed by atoms with Gasteiger partial charge in [0.05, 0.1) is 0 Å². The van der Waals surface area contributed by atoms with Gasteiger partial charge in [-0.25, -0.2) is 0 Å². The van der Waals surface area contributed by atoms with Gasteiger partial charge in [-0.2, -0.15) is 5.10 Å². The molecule has 0 unspecified atom stereocenters. The lowest BCUT2D eigenvalue weighted by Gasteiger charge is -2.13. The van der Waals surface area contributed by atoms with Crippen molar-refractivity contribution in [2.24, 2.45) is 5.92 Å². The SMILES string of the molecule is CC(C)Cn1ccc2cc(NC(=O)c3n[nH]c4c3CNCC4)ccc21.Cl. The number of carbonyl (C=O) groups excluding carboxylic acids is 1. The van der Waals surface area contributed by atoms with Crippen LogP contribution in [0, 0.1) is 5.92 Å². The van der Waals surface area contributed by atoms with Crippen LogP contribution in [-0.4, -0.2) is 27.2 Å². The number of nitrogens with one attached hydrogen (secondary N) is 3. The third kappa shape index (κ3) is 3.48. The number of carbonyl (C=O) groups is 1. The van der Waals surface area contributed by atoms with Gasteiger partial charge in [0.15, 0.2) is 5.69 Å². The van der Waals surface area contributed by atoms with Crippen LogP contribution in [0.15, 0.2) is 30.5 Å². The van der Waals surface area contributed by atoms with Crippen molar-refractivity contribution >= 4 is 34.9 Å². The monoisotopic (exact) mass is 373 g/mol. The van der Waals surface area contributed by atoms with E-state index in [0.717, 1.165) is 41.8 Å². The van der Waals surface area contributed by atoms with Crippen molar-refractivity contribution in [3.63, 3.8) is 0 Å². The lowest BCUT2D eigenvalue weighted by molar-refractivity contribution is 0.102. The Morgan fingerprint density at radius 3 is 3.00 bits per heavy atom. The highest BCUT2D eigenvalue weighted by molar-refractivity contribution is 6.05. The molecule has 0 spiro atoms. The number of rotatable bonds is 4. The Hall–Kier alpha value is -2.31. The summed E-state index contributed by atoms with van der Waals surface area (Å²) in [5.74, 6) is 0.427. The van der Waals surface area contributed by atoms with E-state index < -0.39 is 0 Å². The maximum Gasteiger partial charge on any atom is 0.276 e. The van der Waals surface area contributed by atoms with E-state index in [2.05, 4.69) is 57.6 Å². The van der Waals surface area contributed by atoms with Crippen LogP contribution in [-0.2, 0) is 19.5 Å². The van der Waals surface area contributed by atoms with Crippen molar-refractivity contribution in [3.05, 3.63) is 47.4 Å². The Bertz CT molecular complexity index is 927. The molecule has 0 fully saturated rings. The minimum atomic E-state index is -0.165. The summed E-state index contributed by atoms with van der Waals surface area (Å²) in [6.07, 6.45) is 2.98. The molecule has 3 N–H and O–H groups in total. The van der Waals surface area contributed by atoms with Gasteiger partial charge in [0.25, 0.3) is 5.91 Å². The molecule has 4 rings (SSSR count). The van der Waals surface area contributed by atoms with Gasteiger partial charge < -0.3 is 15.2 Å². The molecule has 0 bridgehead atoms. The highest BCUT2D eigenvalue weighted by Crippen LogP contribution is 2.23. The summed E-state index contributed by atoms with van der Waals surface area (Å²) in [6, 6.07) is 8.12. The van der Waals surface area contributed by atoms with Crippen LogP contribution in [0.1, 0.15) is 35.6 Å². The third-order valence-electron chi connectivity index (χ3n) is 4.61. The van der Waals surface area contributed by atoms with Gasteiger partial charge in [0, 0.05) is 60.1 Å². The molecule has 3 aromatic rings. The second-order valence-electron chi connectivity index (χ2n) is 7.05. The van der Waals surface area contributed by atoms with Crippen molar-refractivity contribution in [1.82, 2.24) is 20.1 Å². The lowest BCUT2D eigenvalue weighted by Crippen LogP contribution is -2.25. The maximum absolute atomic E-state index is 12.6. The summed E-state index contributed by atoms with van der Waals surface area (Å²) in [6.45, 7) is 7.01. The molecule has 1 aliphatic heterocycles. The van der Waals surface area contributed by atoms with Crippen LogP contribution < -0.4 is 10.6 Å². The number of benzene rings is 1. The van der Waals surface area contributed by atoms with E-state index in [1.54, 1.807) is 0 Å². The van der Waals surface area contributed by atoms with Gasteiger partial charge in [-0.15, -0.1) is 12.4 Å². The fraction of sp³-hybridized carbons (Fsp3) is 0.368. The molecule has 0 saturated heterocycles. The second kappa shape index (κ2) is 7.51. The summed E-state index contributed by atoms with van der Waals surface area (Å²) in [7, 11) is 0. The average Bonchev–Trinajstić information content (AvgIpc) is 3.18. The fourth-order valence-corrected chi connectivity index (χ4v) is 3.43. The predicted octanol–water partition coefficient (Wildman–Crippen LogP) is 3.34. The van der Waals surface area contributed by atoms with Crippen LogP contribution >= 0.6 is 12.4 Å². The Morgan fingerprint density at radius 1 is 1.35 bits per heavy atom. The molecule has 0 radical (unpaired) electrons. The molecular formula is C19H24ClN5O. The highest BCUT2D eigenvalue weighted by Gasteiger charge is 2.21. The predicted molar refractivity (Wildman–Crippen MR) is 106 cm³/mol. The van der Waals surface area contributed by atoms with E-state index in [4.69, 9.17) is 0 Å². The van der Waals surface area contributed by atoms with E-state index in [1.807, 2.05) is 12.1 Å². The van der Waals surface area contributed by atoms with Gasteiger partial charge in [0.1, 0.15) is 0 Å². The molecule has 7 heteroatoms. The molecule has 6 nitrogen and oxygen atoms in total. The van der Waals surface area contributed by atoms with Gasteiger partial charge in [-0.05, 0) is 30.2 Å². The van der Waals surface area contributed by atoms with E-state index in [0.29, 0.717) is 18.2 Å². The fourth-order valence-electron chi connectivity index (χ4n) is 3.43. The van der Waals surface area contributed by atoms with Crippen LogP contribution in [0.2, 0.25) is 0 Å². The molecule has 26 heavy (non-hydrogen) atoms. The van der Waals surface area contributed by atoms with Gasteiger partial charge in [-0.3, -0.25) is 9.89 Å². The number of aromatic nitrogens is 3. The van der Waals surface area contributed by atoms with Crippen molar-refractivity contribution < 1.29 is 4.79 Å². The number of anilines is 1. The molecule has 0 saturated carbocycles. The molecule has 1 aromatic carbocycles. The molecule has 3 heterocycles. The maximum atomic E-state index is 12.6. The number of halogens is 1. The number of fused-ring (bicyclic) bond motifs is 2. The smallest absolute Gasteiger partial charge is 0.276 e. The Labute approximate surface area is 158 Å². The molecule has 1 aliphatic rings. The topological polar surface area (TPSA) is 74.7 Å². The van der Waals surface area contributed by atoms with E-state index in [1.165, 1.54) is 5.52 Å². The van der Waals surface area contributed by atoms with Gasteiger partial charge >= 0.3 is 0 Å².